The number of nitrogens with one attached hydrogen (secondary N) is 1. The minimum Gasteiger partial charge on any atom is -0.480 e. The van der Waals surface area contributed by atoms with Gasteiger partial charge in [-0.25, -0.2) is 9.59 Å². The Kier molecular flexibility index (Phi) is 4.77. The Morgan fingerprint density at radius 2 is 2.05 bits per heavy atom. The molecule has 1 saturated heterocycles. The zero-order valence-corrected chi connectivity index (χ0v) is 13.2. The van der Waals surface area contributed by atoms with Crippen molar-refractivity contribution >= 4 is 29.4 Å². The number of carbonyl (C=O) groups is 2. The second-order valence-electron chi connectivity index (χ2n) is 5.47. The van der Waals surface area contributed by atoms with Crippen molar-refractivity contribution in [1.29, 1.82) is 0 Å². The third kappa shape index (κ3) is 3.32. The topological polar surface area (TPSA) is 69.6 Å². The molecule has 2 N–H and O–H groups in total. The first-order chi connectivity index (χ1) is 9.91. The molecule has 1 fully saturated rings. The van der Waals surface area contributed by atoms with Crippen molar-refractivity contribution in [2.24, 2.45) is 5.92 Å². The van der Waals surface area contributed by atoms with Gasteiger partial charge >= 0.3 is 12.0 Å². The Hall–Kier alpha value is -1.69. The molecule has 2 amide bonds. The van der Waals surface area contributed by atoms with Crippen molar-refractivity contribution in [3.8, 4) is 0 Å². The standard InChI is InChI=1S/C15H20N2O3S/c1-9(2)13-17(12(8-21-13)14(18)19)15(20)16-11-7-5-4-6-10(11)3/h4-7,9,12-13H,8H2,1-3H3,(H,16,20)(H,18,19). The van der Waals surface area contributed by atoms with E-state index in [-0.39, 0.29) is 17.3 Å². The fraction of sp³-hybridized carbons (Fsp3) is 0.467. The lowest BCUT2D eigenvalue weighted by atomic mass is 10.1. The van der Waals surface area contributed by atoms with Gasteiger partial charge in [0.2, 0.25) is 0 Å². The average Bonchev–Trinajstić information content (AvgIpc) is 2.86. The van der Waals surface area contributed by atoms with Gasteiger partial charge in [-0.05, 0) is 24.5 Å². The minimum atomic E-state index is -0.953. The summed E-state index contributed by atoms with van der Waals surface area (Å²) in [5, 5.41) is 12.0. The summed E-state index contributed by atoms with van der Waals surface area (Å²) in [7, 11) is 0. The van der Waals surface area contributed by atoms with Crippen molar-refractivity contribution in [3.63, 3.8) is 0 Å². The van der Waals surface area contributed by atoms with Gasteiger partial charge in [0.1, 0.15) is 6.04 Å². The molecule has 2 unspecified atom stereocenters. The van der Waals surface area contributed by atoms with Gasteiger partial charge < -0.3 is 10.4 Å². The van der Waals surface area contributed by atoms with Gasteiger partial charge in [-0.2, -0.15) is 0 Å². The number of nitrogens with zero attached hydrogens (tertiary/aromatic N) is 1. The maximum absolute atomic E-state index is 12.5. The Labute approximate surface area is 128 Å². The minimum absolute atomic E-state index is 0.116. The van der Waals surface area contributed by atoms with Gasteiger partial charge in [-0.15, -0.1) is 11.8 Å². The number of rotatable bonds is 3. The molecule has 0 radical (unpaired) electrons. The van der Waals surface area contributed by atoms with Gasteiger partial charge in [0.25, 0.3) is 0 Å². The van der Waals surface area contributed by atoms with Gasteiger partial charge in [0.05, 0.1) is 5.37 Å². The summed E-state index contributed by atoms with van der Waals surface area (Å²) < 4.78 is 0. The first-order valence-electron chi connectivity index (χ1n) is 6.91. The molecule has 6 heteroatoms. The summed E-state index contributed by atoms with van der Waals surface area (Å²) in [6.07, 6.45) is 0. The summed E-state index contributed by atoms with van der Waals surface area (Å²) in [6, 6.07) is 6.34. The highest BCUT2D eigenvalue weighted by atomic mass is 32.2. The van der Waals surface area contributed by atoms with Crippen LogP contribution in [-0.2, 0) is 4.79 Å². The van der Waals surface area contributed by atoms with E-state index in [9.17, 15) is 14.7 Å². The van der Waals surface area contributed by atoms with Crippen LogP contribution < -0.4 is 5.32 Å². The van der Waals surface area contributed by atoms with E-state index in [4.69, 9.17) is 0 Å². The van der Waals surface area contributed by atoms with Crippen LogP contribution in [0.15, 0.2) is 24.3 Å². The van der Waals surface area contributed by atoms with E-state index in [2.05, 4.69) is 5.32 Å². The number of amides is 2. The maximum Gasteiger partial charge on any atom is 0.327 e. The number of thioether (sulfide) groups is 1. The number of aliphatic carboxylic acids is 1. The van der Waals surface area contributed by atoms with Crippen LogP contribution in [0.4, 0.5) is 10.5 Å². The van der Waals surface area contributed by atoms with Crippen LogP contribution in [0.2, 0.25) is 0 Å². The number of carboxylic acid groups (broad SMARTS) is 1. The van der Waals surface area contributed by atoms with E-state index in [0.717, 1.165) is 5.56 Å². The number of para-hydroxylation sites is 1. The number of hydrogen-bond donors (Lipinski definition) is 2. The molecule has 0 aromatic heterocycles. The monoisotopic (exact) mass is 308 g/mol. The molecule has 0 aliphatic carbocycles. The molecule has 0 spiro atoms. The first kappa shape index (κ1) is 15.7. The molecule has 114 valence electrons. The molecule has 5 nitrogen and oxygen atoms in total. The lowest BCUT2D eigenvalue weighted by Gasteiger charge is -2.30. The maximum atomic E-state index is 12.5. The molecule has 1 aliphatic rings. The van der Waals surface area contributed by atoms with Crippen LogP contribution in [0, 0.1) is 12.8 Å². The quantitative estimate of drug-likeness (QED) is 0.900. The van der Waals surface area contributed by atoms with Crippen molar-refractivity contribution < 1.29 is 14.7 Å². The highest BCUT2D eigenvalue weighted by molar-refractivity contribution is 8.00. The van der Waals surface area contributed by atoms with E-state index in [1.54, 1.807) is 0 Å². The van der Waals surface area contributed by atoms with Gasteiger partial charge in [-0.3, -0.25) is 4.90 Å². The smallest absolute Gasteiger partial charge is 0.327 e. The highest BCUT2D eigenvalue weighted by Crippen LogP contribution is 2.34. The highest BCUT2D eigenvalue weighted by Gasteiger charge is 2.43. The lowest BCUT2D eigenvalue weighted by Crippen LogP contribution is -2.49. The summed E-state index contributed by atoms with van der Waals surface area (Å²) >= 11 is 1.52. The fourth-order valence-electron chi connectivity index (χ4n) is 2.38. The van der Waals surface area contributed by atoms with Crippen LogP contribution in [0.5, 0.6) is 0 Å². The van der Waals surface area contributed by atoms with E-state index in [0.29, 0.717) is 11.4 Å². The molecule has 0 bridgehead atoms. The summed E-state index contributed by atoms with van der Waals surface area (Å²) in [4.78, 5) is 25.4. The van der Waals surface area contributed by atoms with Crippen molar-refractivity contribution in [3.05, 3.63) is 29.8 Å². The largest absolute Gasteiger partial charge is 0.480 e. The van der Waals surface area contributed by atoms with E-state index < -0.39 is 12.0 Å². The van der Waals surface area contributed by atoms with Crippen LogP contribution >= 0.6 is 11.8 Å². The molecular formula is C15H20N2O3S. The van der Waals surface area contributed by atoms with E-state index >= 15 is 0 Å². The third-order valence-corrected chi connectivity index (χ3v) is 5.13. The predicted molar refractivity (Wildman–Crippen MR) is 84.5 cm³/mol. The number of hydrogen-bond acceptors (Lipinski definition) is 3. The lowest BCUT2D eigenvalue weighted by molar-refractivity contribution is -0.141. The number of benzene rings is 1. The Morgan fingerprint density at radius 3 is 2.62 bits per heavy atom. The van der Waals surface area contributed by atoms with Crippen LogP contribution in [0.25, 0.3) is 0 Å². The molecule has 1 aromatic rings. The van der Waals surface area contributed by atoms with Crippen molar-refractivity contribution in [2.45, 2.75) is 32.2 Å². The molecule has 1 heterocycles. The second-order valence-corrected chi connectivity index (χ2v) is 6.62. The molecule has 1 aliphatic heterocycles. The van der Waals surface area contributed by atoms with E-state index in [1.807, 2.05) is 45.0 Å². The molecule has 2 atom stereocenters. The average molecular weight is 308 g/mol. The number of carbonyl (C=O) groups excluding carboxylic acids is 1. The Bertz CT molecular complexity index is 547. The summed E-state index contributed by atoms with van der Waals surface area (Å²) in [5.74, 6) is -0.327. The zero-order chi connectivity index (χ0) is 15.6. The fourth-order valence-corrected chi connectivity index (χ4v) is 3.85. The molecule has 1 aromatic carbocycles. The number of aryl methyl sites for hydroxylation is 1. The number of anilines is 1. The number of urea groups is 1. The second kappa shape index (κ2) is 6.39. The molecule has 2 rings (SSSR count). The van der Waals surface area contributed by atoms with Crippen LogP contribution in [0.3, 0.4) is 0 Å². The van der Waals surface area contributed by atoms with Crippen molar-refractivity contribution in [2.75, 3.05) is 11.1 Å². The van der Waals surface area contributed by atoms with Crippen LogP contribution in [-0.4, -0.2) is 39.2 Å². The predicted octanol–water partition coefficient (Wildman–Crippen LogP) is 3.01. The summed E-state index contributed by atoms with van der Waals surface area (Å²) in [6.45, 7) is 5.90. The SMILES string of the molecule is Cc1ccccc1NC(=O)N1C(C(=O)O)CSC1C(C)C. The first-order valence-corrected chi connectivity index (χ1v) is 7.96. The molecule has 21 heavy (non-hydrogen) atoms. The third-order valence-electron chi connectivity index (χ3n) is 3.51. The molecule has 0 saturated carbocycles. The molecular weight excluding hydrogens is 288 g/mol. The number of carboxylic acids is 1. The normalized spacial score (nSPS) is 21.6. The van der Waals surface area contributed by atoms with Crippen LogP contribution in [0.1, 0.15) is 19.4 Å². The van der Waals surface area contributed by atoms with E-state index in [1.165, 1.54) is 16.7 Å². The zero-order valence-electron chi connectivity index (χ0n) is 12.4. The van der Waals surface area contributed by atoms with Gasteiger partial charge in [0, 0.05) is 11.4 Å². The summed E-state index contributed by atoms with van der Waals surface area (Å²) in [5.41, 5.74) is 1.66. The Morgan fingerprint density at radius 1 is 1.38 bits per heavy atom. The Balaban J connectivity index is 2.21. The van der Waals surface area contributed by atoms with Gasteiger partial charge in [-0.1, -0.05) is 32.0 Å². The van der Waals surface area contributed by atoms with Crippen molar-refractivity contribution in [1.82, 2.24) is 4.90 Å². The van der Waals surface area contributed by atoms with Gasteiger partial charge in [0.15, 0.2) is 0 Å².